The number of thiophene rings is 1. The molecule has 0 saturated carbocycles. The first-order valence-electron chi connectivity index (χ1n) is 4.34. The fourth-order valence-corrected chi connectivity index (χ4v) is 1.56. The fourth-order valence-electron chi connectivity index (χ4n) is 0.737. The summed E-state index contributed by atoms with van der Waals surface area (Å²) in [5.74, 6) is -0.428. The maximum Gasteiger partial charge on any atom is 0.348 e. The van der Waals surface area contributed by atoms with Crippen LogP contribution in [0, 0.1) is 0 Å². The molecular weight excluding hydrogens is 200 g/mol. The fraction of sp³-hybridized carbons (Fsp3) is 0.400. The molecule has 1 aromatic rings. The molecule has 0 radical (unpaired) electrons. The Morgan fingerprint density at radius 3 is 2.07 bits per heavy atom. The normalized spacial score (nSPS) is 8.57. The minimum Gasteiger partial charge on any atom is -0.465 e. The van der Waals surface area contributed by atoms with Crippen LogP contribution in [0.15, 0.2) is 12.1 Å². The molecule has 1 aromatic heterocycles. The Bertz CT molecular complexity index is 315. The van der Waals surface area contributed by atoms with E-state index in [1.807, 2.05) is 13.8 Å². The molecule has 0 aliphatic carbocycles. The first kappa shape index (κ1) is 12.8. The van der Waals surface area contributed by atoms with Gasteiger partial charge in [0.1, 0.15) is 4.88 Å². The van der Waals surface area contributed by atoms with Crippen molar-refractivity contribution in [3.05, 3.63) is 21.9 Å². The van der Waals surface area contributed by atoms with E-state index in [0.717, 1.165) is 11.3 Å². The number of ether oxygens (including phenoxy) is 1. The Hall–Kier alpha value is -1.16. The van der Waals surface area contributed by atoms with Crippen molar-refractivity contribution in [3.63, 3.8) is 0 Å². The summed E-state index contributed by atoms with van der Waals surface area (Å²) in [6.45, 7) is 5.47. The predicted octanol–water partition coefficient (Wildman–Crippen LogP) is 2.76. The average Bonchev–Trinajstić information content (AvgIpc) is 2.68. The van der Waals surface area contributed by atoms with Gasteiger partial charge in [-0.2, -0.15) is 0 Å². The first-order valence-corrected chi connectivity index (χ1v) is 5.16. The maximum atomic E-state index is 10.9. The Balaban J connectivity index is 0.000000791. The van der Waals surface area contributed by atoms with Crippen LogP contribution in [0.25, 0.3) is 0 Å². The Kier molecular flexibility index (Phi) is 5.79. The topological polar surface area (TPSA) is 43.4 Å². The zero-order chi connectivity index (χ0) is 11.1. The van der Waals surface area contributed by atoms with Crippen molar-refractivity contribution in [2.75, 3.05) is 7.11 Å². The van der Waals surface area contributed by atoms with E-state index in [-0.39, 0.29) is 5.78 Å². The van der Waals surface area contributed by atoms with Crippen molar-refractivity contribution in [2.24, 2.45) is 0 Å². The highest BCUT2D eigenvalue weighted by Crippen LogP contribution is 2.17. The molecule has 0 aliphatic rings. The lowest BCUT2D eigenvalue weighted by Crippen LogP contribution is -1.96. The van der Waals surface area contributed by atoms with Gasteiger partial charge in [-0.3, -0.25) is 4.79 Å². The van der Waals surface area contributed by atoms with Gasteiger partial charge >= 0.3 is 5.97 Å². The van der Waals surface area contributed by atoms with Crippen molar-refractivity contribution < 1.29 is 14.3 Å². The second-order valence-electron chi connectivity index (χ2n) is 2.21. The molecule has 0 spiro atoms. The molecule has 0 bridgehead atoms. The van der Waals surface area contributed by atoms with Crippen LogP contribution in [0.3, 0.4) is 0 Å². The third kappa shape index (κ3) is 3.30. The largest absolute Gasteiger partial charge is 0.465 e. The van der Waals surface area contributed by atoms with Crippen LogP contribution in [-0.4, -0.2) is 18.9 Å². The van der Waals surface area contributed by atoms with E-state index < -0.39 is 5.97 Å². The van der Waals surface area contributed by atoms with E-state index in [0.29, 0.717) is 9.75 Å². The predicted molar refractivity (Wildman–Crippen MR) is 57.0 cm³/mol. The highest BCUT2D eigenvalue weighted by atomic mass is 32.1. The monoisotopic (exact) mass is 214 g/mol. The lowest BCUT2D eigenvalue weighted by molar-refractivity contribution is 0.0606. The van der Waals surface area contributed by atoms with E-state index in [1.54, 1.807) is 12.1 Å². The van der Waals surface area contributed by atoms with Crippen molar-refractivity contribution in [1.82, 2.24) is 0 Å². The number of ketones is 1. The Morgan fingerprint density at radius 2 is 1.71 bits per heavy atom. The van der Waals surface area contributed by atoms with Crippen molar-refractivity contribution in [2.45, 2.75) is 20.8 Å². The number of hydrogen-bond donors (Lipinski definition) is 0. The van der Waals surface area contributed by atoms with Gasteiger partial charge in [0.15, 0.2) is 5.78 Å². The van der Waals surface area contributed by atoms with E-state index in [1.165, 1.54) is 14.0 Å². The van der Waals surface area contributed by atoms with Crippen molar-refractivity contribution >= 4 is 23.1 Å². The number of carbonyl (C=O) groups excluding carboxylic acids is 2. The molecule has 0 saturated heterocycles. The zero-order valence-corrected chi connectivity index (χ0v) is 9.60. The summed E-state index contributed by atoms with van der Waals surface area (Å²) in [6, 6.07) is 3.21. The molecule has 3 nitrogen and oxygen atoms in total. The summed E-state index contributed by atoms with van der Waals surface area (Å²) < 4.78 is 4.49. The molecule has 1 heterocycles. The van der Waals surface area contributed by atoms with Gasteiger partial charge in [0.2, 0.25) is 0 Å². The average molecular weight is 214 g/mol. The van der Waals surface area contributed by atoms with Crippen molar-refractivity contribution in [1.29, 1.82) is 0 Å². The summed E-state index contributed by atoms with van der Waals surface area (Å²) in [5, 5.41) is 0. The molecule has 0 aromatic carbocycles. The number of rotatable bonds is 2. The van der Waals surface area contributed by atoms with Crippen LogP contribution in [0.2, 0.25) is 0 Å². The number of esters is 1. The van der Waals surface area contributed by atoms with Gasteiger partial charge in [0, 0.05) is 0 Å². The molecule has 0 fully saturated rings. The zero-order valence-electron chi connectivity index (χ0n) is 8.79. The van der Waals surface area contributed by atoms with Crippen LogP contribution >= 0.6 is 11.3 Å². The third-order valence-electron chi connectivity index (χ3n) is 1.34. The summed E-state index contributed by atoms with van der Waals surface area (Å²) in [5.41, 5.74) is 0. The van der Waals surface area contributed by atoms with Gasteiger partial charge in [-0.25, -0.2) is 4.79 Å². The molecule has 0 N–H and O–H groups in total. The number of Topliss-reactive ketones (excluding diaryl/α,β-unsaturated/α-hetero) is 1. The molecule has 0 unspecified atom stereocenters. The summed E-state index contributed by atoms with van der Waals surface area (Å²) >= 11 is 1.15. The summed E-state index contributed by atoms with van der Waals surface area (Å²) in [4.78, 5) is 22.8. The van der Waals surface area contributed by atoms with Crippen LogP contribution < -0.4 is 0 Å². The van der Waals surface area contributed by atoms with Gasteiger partial charge in [0.25, 0.3) is 0 Å². The molecule has 78 valence electrons. The van der Waals surface area contributed by atoms with E-state index in [2.05, 4.69) is 4.74 Å². The quantitative estimate of drug-likeness (QED) is 0.561. The van der Waals surface area contributed by atoms with E-state index in [9.17, 15) is 9.59 Å². The molecule has 0 atom stereocenters. The van der Waals surface area contributed by atoms with Crippen LogP contribution in [0.1, 0.15) is 40.1 Å². The van der Waals surface area contributed by atoms with Crippen molar-refractivity contribution in [3.8, 4) is 0 Å². The standard InChI is InChI=1S/C8H8O3S.C2H6/c1-5(9)6-3-4-7(12-6)8(10)11-2;1-2/h3-4H,1-2H3;1-2H3. The molecule has 0 amide bonds. The smallest absolute Gasteiger partial charge is 0.348 e. The second kappa shape index (κ2) is 6.32. The van der Waals surface area contributed by atoms with Gasteiger partial charge in [-0.05, 0) is 19.1 Å². The second-order valence-corrected chi connectivity index (χ2v) is 3.30. The minimum absolute atomic E-state index is 0.0323. The third-order valence-corrected chi connectivity index (χ3v) is 2.51. The van der Waals surface area contributed by atoms with Gasteiger partial charge in [-0.15, -0.1) is 11.3 Å². The Labute approximate surface area is 87.7 Å². The van der Waals surface area contributed by atoms with Crippen LogP contribution in [0.4, 0.5) is 0 Å². The molecule has 14 heavy (non-hydrogen) atoms. The highest BCUT2D eigenvalue weighted by molar-refractivity contribution is 7.15. The summed E-state index contributed by atoms with van der Waals surface area (Å²) in [6.07, 6.45) is 0. The van der Waals surface area contributed by atoms with Crippen LogP contribution in [0.5, 0.6) is 0 Å². The lowest BCUT2D eigenvalue weighted by Gasteiger charge is -1.91. The number of carbonyl (C=O) groups is 2. The van der Waals surface area contributed by atoms with Crippen LogP contribution in [-0.2, 0) is 4.74 Å². The highest BCUT2D eigenvalue weighted by Gasteiger charge is 2.10. The van der Waals surface area contributed by atoms with E-state index >= 15 is 0 Å². The molecular formula is C10H14O3S. The SMILES string of the molecule is CC.COC(=O)c1ccc(C(C)=O)s1. The van der Waals surface area contributed by atoms with Gasteiger partial charge < -0.3 is 4.74 Å². The Morgan fingerprint density at radius 1 is 1.21 bits per heavy atom. The van der Waals surface area contributed by atoms with Gasteiger partial charge in [0.05, 0.1) is 12.0 Å². The number of hydrogen-bond acceptors (Lipinski definition) is 4. The summed E-state index contributed by atoms with van der Waals surface area (Å²) in [7, 11) is 1.31. The van der Waals surface area contributed by atoms with E-state index in [4.69, 9.17) is 0 Å². The number of methoxy groups -OCH3 is 1. The molecule has 1 rings (SSSR count). The molecule has 4 heteroatoms. The minimum atomic E-state index is -0.396. The lowest BCUT2D eigenvalue weighted by atomic mass is 10.3. The van der Waals surface area contributed by atoms with Gasteiger partial charge in [-0.1, -0.05) is 13.8 Å². The maximum absolute atomic E-state index is 10.9. The molecule has 0 aliphatic heterocycles. The first-order chi connectivity index (χ1) is 6.65.